The van der Waals surface area contributed by atoms with Crippen LogP contribution < -0.4 is 4.90 Å². The summed E-state index contributed by atoms with van der Waals surface area (Å²) in [5, 5.41) is 1.03. The van der Waals surface area contributed by atoms with Crippen molar-refractivity contribution in [3.63, 3.8) is 0 Å². The van der Waals surface area contributed by atoms with E-state index in [-0.39, 0.29) is 17.6 Å². The number of nitrogens with zero attached hydrogens (tertiary/aromatic N) is 2. The first kappa shape index (κ1) is 21.1. The third-order valence-electron chi connectivity index (χ3n) is 6.94. The van der Waals surface area contributed by atoms with Gasteiger partial charge < -0.3 is 4.90 Å². The first-order valence-electron chi connectivity index (χ1n) is 10.9. The van der Waals surface area contributed by atoms with Crippen molar-refractivity contribution in [2.45, 2.75) is 12.1 Å². The van der Waals surface area contributed by atoms with Gasteiger partial charge in [0, 0.05) is 21.8 Å². The fraction of sp³-hybridized carbons (Fsp3) is 0.148. The Hall–Kier alpha value is -3.41. The fourth-order valence-corrected chi connectivity index (χ4v) is 5.74. The average Bonchev–Trinajstić information content (AvgIpc) is 3.32. The lowest BCUT2D eigenvalue weighted by atomic mass is 9.83. The van der Waals surface area contributed by atoms with Crippen LogP contribution in [-0.4, -0.2) is 28.5 Å². The molecule has 3 heterocycles. The van der Waals surface area contributed by atoms with Gasteiger partial charge in [0.15, 0.2) is 5.78 Å². The number of carbonyl (C=O) groups excluding carboxylic acids is 3. The van der Waals surface area contributed by atoms with Crippen molar-refractivity contribution in [1.29, 1.82) is 0 Å². The predicted octanol–water partition coefficient (Wildman–Crippen LogP) is 5.39. The highest BCUT2D eigenvalue weighted by Crippen LogP contribution is 2.53. The molecule has 3 aliphatic rings. The predicted molar refractivity (Wildman–Crippen MR) is 131 cm³/mol. The van der Waals surface area contributed by atoms with E-state index in [1.54, 1.807) is 48.5 Å². The van der Waals surface area contributed by atoms with Crippen LogP contribution in [0.15, 0.2) is 79.0 Å². The maximum Gasteiger partial charge on any atom is 0.240 e. The number of amides is 2. The second-order valence-corrected chi connectivity index (χ2v) is 9.57. The van der Waals surface area contributed by atoms with Gasteiger partial charge >= 0.3 is 0 Å². The Balaban J connectivity index is 1.49. The van der Waals surface area contributed by atoms with E-state index in [1.165, 1.54) is 4.90 Å². The average molecular weight is 489 g/mol. The van der Waals surface area contributed by atoms with Crippen LogP contribution in [0.2, 0.25) is 10.0 Å². The lowest BCUT2D eigenvalue weighted by molar-refractivity contribution is -0.123. The van der Waals surface area contributed by atoms with Crippen LogP contribution >= 0.6 is 23.2 Å². The smallest absolute Gasteiger partial charge is 0.240 e. The summed E-state index contributed by atoms with van der Waals surface area (Å²) in [7, 11) is 0. The number of halogens is 2. The fourth-order valence-electron chi connectivity index (χ4n) is 5.49. The number of benzene rings is 3. The van der Waals surface area contributed by atoms with Gasteiger partial charge in [0.1, 0.15) is 6.04 Å². The molecule has 2 saturated heterocycles. The number of rotatable bonds is 3. The molecule has 0 aliphatic carbocycles. The van der Waals surface area contributed by atoms with Crippen LogP contribution in [0.1, 0.15) is 27.5 Å². The normalized spacial score (nSPS) is 24.8. The lowest BCUT2D eigenvalue weighted by Crippen LogP contribution is -2.44. The van der Waals surface area contributed by atoms with Gasteiger partial charge in [0.2, 0.25) is 11.8 Å². The summed E-state index contributed by atoms with van der Waals surface area (Å²) < 4.78 is 0. The van der Waals surface area contributed by atoms with Crippen LogP contribution in [0, 0.1) is 11.8 Å². The number of hydrogen-bond donors (Lipinski definition) is 0. The summed E-state index contributed by atoms with van der Waals surface area (Å²) in [6.07, 6.45) is 3.78. The van der Waals surface area contributed by atoms with E-state index in [1.807, 2.05) is 41.4 Å². The molecule has 2 fully saturated rings. The standard InChI is InChI=1S/C27H18Cl2N2O3/c28-17-7-5-16(6-8-17)25(32)24-22-21(23-20-4-2-1-3-15(20)13-14-30(23)24)26(33)31(27(22)34)19-11-9-18(29)10-12-19/h1-14,21-24H/t21-,22+,23+,24-/m0/s1. The zero-order valence-corrected chi connectivity index (χ0v) is 19.3. The molecule has 3 aromatic rings. The molecule has 2 amide bonds. The molecule has 0 spiro atoms. The molecule has 7 heteroatoms. The van der Waals surface area contributed by atoms with Gasteiger partial charge in [0.25, 0.3) is 0 Å². The third kappa shape index (κ3) is 3.04. The molecule has 0 radical (unpaired) electrons. The summed E-state index contributed by atoms with van der Waals surface area (Å²) >= 11 is 12.0. The van der Waals surface area contributed by atoms with Crippen molar-refractivity contribution >= 4 is 52.6 Å². The van der Waals surface area contributed by atoms with Crippen molar-refractivity contribution in [2.24, 2.45) is 11.8 Å². The van der Waals surface area contributed by atoms with Crippen molar-refractivity contribution in [1.82, 2.24) is 4.90 Å². The quantitative estimate of drug-likeness (QED) is 0.366. The summed E-state index contributed by atoms with van der Waals surface area (Å²) in [5.74, 6) is -2.38. The van der Waals surface area contributed by atoms with Crippen molar-refractivity contribution in [3.05, 3.63) is 106 Å². The van der Waals surface area contributed by atoms with Gasteiger partial charge in [-0.25, -0.2) is 4.90 Å². The van der Waals surface area contributed by atoms with E-state index < -0.39 is 23.9 Å². The first-order valence-corrected chi connectivity index (χ1v) is 11.7. The summed E-state index contributed by atoms with van der Waals surface area (Å²) in [6, 6.07) is 19.8. The number of Topliss-reactive ketones (excluding diaryl/α,β-unsaturated/α-hetero) is 1. The molecule has 168 valence electrons. The van der Waals surface area contributed by atoms with Gasteiger partial charge in [-0.15, -0.1) is 0 Å². The molecule has 5 nitrogen and oxygen atoms in total. The van der Waals surface area contributed by atoms with E-state index in [0.717, 1.165) is 11.1 Å². The Morgan fingerprint density at radius 3 is 2.09 bits per heavy atom. The Labute approximate surface area is 206 Å². The number of fused-ring (bicyclic) bond motifs is 5. The SMILES string of the molecule is O=C(c1ccc(Cl)cc1)[C@@H]1[C@@H]2C(=O)N(c3ccc(Cl)cc3)C(=O)[C@@H]2[C@H]2c3ccccc3C=CN12. The highest BCUT2D eigenvalue weighted by atomic mass is 35.5. The van der Waals surface area contributed by atoms with Gasteiger partial charge in [-0.05, 0) is 65.7 Å². The molecule has 0 bridgehead atoms. The maximum atomic E-state index is 13.8. The van der Waals surface area contributed by atoms with E-state index >= 15 is 0 Å². The second-order valence-electron chi connectivity index (χ2n) is 8.69. The minimum absolute atomic E-state index is 0.211. The molecule has 3 aliphatic heterocycles. The van der Waals surface area contributed by atoms with E-state index in [2.05, 4.69) is 0 Å². The number of anilines is 1. The minimum Gasteiger partial charge on any atom is -0.358 e. The molecular formula is C27H18Cl2N2O3. The zero-order chi connectivity index (χ0) is 23.6. The Morgan fingerprint density at radius 2 is 1.38 bits per heavy atom. The molecular weight excluding hydrogens is 471 g/mol. The van der Waals surface area contributed by atoms with Gasteiger partial charge in [0.05, 0.1) is 23.6 Å². The van der Waals surface area contributed by atoms with Gasteiger partial charge in [-0.1, -0.05) is 47.5 Å². The maximum absolute atomic E-state index is 13.8. The third-order valence-corrected chi connectivity index (χ3v) is 7.45. The lowest BCUT2D eigenvalue weighted by Gasteiger charge is -2.35. The second kappa shape index (κ2) is 7.83. The van der Waals surface area contributed by atoms with Gasteiger partial charge in [-0.3, -0.25) is 14.4 Å². The zero-order valence-electron chi connectivity index (χ0n) is 17.8. The molecule has 0 N–H and O–H groups in total. The summed E-state index contributed by atoms with van der Waals surface area (Å²) in [4.78, 5) is 44.5. The molecule has 3 aromatic carbocycles. The molecule has 0 saturated carbocycles. The van der Waals surface area contributed by atoms with Crippen LogP contribution in [0.5, 0.6) is 0 Å². The molecule has 6 rings (SSSR count). The topological polar surface area (TPSA) is 57.7 Å². The Bertz CT molecular complexity index is 1370. The molecule has 34 heavy (non-hydrogen) atoms. The highest BCUT2D eigenvalue weighted by Gasteiger charge is 2.64. The summed E-state index contributed by atoms with van der Waals surface area (Å²) in [6.45, 7) is 0. The van der Waals surface area contributed by atoms with Crippen LogP contribution in [0.4, 0.5) is 5.69 Å². The molecule has 4 atom stereocenters. The summed E-state index contributed by atoms with van der Waals surface area (Å²) in [5.41, 5.74) is 2.82. The van der Waals surface area contributed by atoms with E-state index in [0.29, 0.717) is 21.3 Å². The van der Waals surface area contributed by atoms with Crippen molar-refractivity contribution in [2.75, 3.05) is 4.90 Å². The molecule has 0 unspecified atom stereocenters. The first-order chi connectivity index (χ1) is 16.5. The van der Waals surface area contributed by atoms with Crippen LogP contribution in [0.3, 0.4) is 0 Å². The Morgan fingerprint density at radius 1 is 0.765 bits per heavy atom. The van der Waals surface area contributed by atoms with Gasteiger partial charge in [-0.2, -0.15) is 0 Å². The van der Waals surface area contributed by atoms with Crippen LogP contribution in [0.25, 0.3) is 6.08 Å². The number of imide groups is 1. The molecule has 0 aromatic heterocycles. The minimum atomic E-state index is -0.813. The highest BCUT2D eigenvalue weighted by molar-refractivity contribution is 6.31. The number of carbonyl (C=O) groups is 3. The monoisotopic (exact) mass is 488 g/mol. The number of ketones is 1. The van der Waals surface area contributed by atoms with Crippen molar-refractivity contribution in [3.8, 4) is 0 Å². The van der Waals surface area contributed by atoms with E-state index in [4.69, 9.17) is 23.2 Å². The van der Waals surface area contributed by atoms with Crippen LogP contribution in [-0.2, 0) is 9.59 Å². The van der Waals surface area contributed by atoms with E-state index in [9.17, 15) is 14.4 Å². The number of hydrogen-bond acceptors (Lipinski definition) is 4. The largest absolute Gasteiger partial charge is 0.358 e. The Kier molecular flexibility index (Phi) is 4.87. The van der Waals surface area contributed by atoms with Crippen molar-refractivity contribution < 1.29 is 14.4 Å².